The lowest BCUT2D eigenvalue weighted by Gasteiger charge is -2.40. The van der Waals surface area contributed by atoms with Crippen LogP contribution in [0.25, 0.3) is 10.9 Å². The van der Waals surface area contributed by atoms with Crippen molar-refractivity contribution < 1.29 is 0 Å². The molecule has 8 nitrogen and oxygen atoms in total. The summed E-state index contributed by atoms with van der Waals surface area (Å²) >= 11 is 0. The normalized spacial score (nSPS) is 16.7. The fraction of sp³-hybridized carbons (Fsp3) is 0.450. The van der Waals surface area contributed by atoms with Gasteiger partial charge in [0.25, 0.3) is 5.56 Å². The van der Waals surface area contributed by atoms with Crippen molar-refractivity contribution >= 4 is 22.7 Å². The van der Waals surface area contributed by atoms with E-state index >= 15 is 0 Å². The summed E-state index contributed by atoms with van der Waals surface area (Å²) in [7, 11) is 1.74. The first-order valence-corrected chi connectivity index (χ1v) is 9.84. The molecule has 5 rings (SSSR count). The molecule has 1 aliphatic heterocycles. The van der Waals surface area contributed by atoms with Crippen LogP contribution in [-0.4, -0.2) is 44.4 Å². The molecule has 1 aliphatic carbocycles. The molecule has 0 aromatic carbocycles. The topological polar surface area (TPSA) is 88.8 Å². The average Bonchev–Trinajstić information content (AvgIpc) is 2.70. The van der Waals surface area contributed by atoms with E-state index in [0.29, 0.717) is 22.8 Å². The van der Waals surface area contributed by atoms with E-state index in [1.54, 1.807) is 30.1 Å². The van der Waals surface area contributed by atoms with Crippen LogP contribution in [0.3, 0.4) is 0 Å². The Morgan fingerprint density at radius 1 is 1.21 bits per heavy atom. The van der Waals surface area contributed by atoms with Crippen molar-refractivity contribution in [3.05, 3.63) is 46.1 Å². The highest BCUT2D eigenvalue weighted by molar-refractivity contribution is 5.77. The van der Waals surface area contributed by atoms with Crippen molar-refractivity contribution in [3.63, 3.8) is 0 Å². The minimum absolute atomic E-state index is 0.0607. The predicted molar refractivity (Wildman–Crippen MR) is 108 cm³/mol. The molecule has 0 unspecified atom stereocenters. The second-order valence-electron chi connectivity index (χ2n) is 7.73. The molecule has 0 saturated carbocycles. The number of hydrogen-bond donors (Lipinski definition) is 1. The third-order valence-corrected chi connectivity index (χ3v) is 5.77. The van der Waals surface area contributed by atoms with Crippen molar-refractivity contribution in [2.24, 2.45) is 13.0 Å². The second-order valence-corrected chi connectivity index (χ2v) is 7.73. The van der Waals surface area contributed by atoms with Crippen molar-refractivity contribution in [2.75, 3.05) is 29.9 Å². The number of rotatable bonds is 4. The molecule has 3 aromatic rings. The molecule has 1 saturated heterocycles. The van der Waals surface area contributed by atoms with Gasteiger partial charge < -0.3 is 10.2 Å². The van der Waals surface area contributed by atoms with Gasteiger partial charge in [-0.1, -0.05) is 0 Å². The van der Waals surface area contributed by atoms with E-state index in [1.165, 1.54) is 24.1 Å². The SMILES string of the molecule is Cn1c(NCC2CN(c3cc4c(nn3)CCCC4)C2)nc2cnccc2c1=O. The van der Waals surface area contributed by atoms with E-state index in [-0.39, 0.29) is 5.56 Å². The molecular weight excluding hydrogens is 354 g/mol. The number of pyridine rings is 1. The number of nitrogens with one attached hydrogen (secondary N) is 1. The number of aromatic nitrogens is 5. The molecule has 1 N–H and O–H groups in total. The Bertz CT molecular complexity index is 1090. The second kappa shape index (κ2) is 6.85. The van der Waals surface area contributed by atoms with Crippen molar-refractivity contribution in [2.45, 2.75) is 25.7 Å². The summed E-state index contributed by atoms with van der Waals surface area (Å²) in [4.78, 5) is 23.3. The summed E-state index contributed by atoms with van der Waals surface area (Å²) in [5.74, 6) is 2.05. The molecule has 0 spiro atoms. The quantitative estimate of drug-likeness (QED) is 0.738. The standard InChI is InChI=1S/C20H23N7O/c1-26-19(28)15-6-7-21-10-17(15)23-20(26)22-9-13-11-27(12-13)18-8-14-4-2-3-5-16(14)24-25-18/h6-8,10,13H,2-5,9,11-12H2,1H3,(H,22,23). The molecule has 0 bridgehead atoms. The molecule has 28 heavy (non-hydrogen) atoms. The predicted octanol–water partition coefficient (Wildman–Crippen LogP) is 1.55. The molecule has 8 heteroatoms. The molecule has 3 aromatic heterocycles. The molecule has 0 amide bonds. The Morgan fingerprint density at radius 2 is 2.07 bits per heavy atom. The van der Waals surface area contributed by atoms with Crippen molar-refractivity contribution in [3.8, 4) is 0 Å². The van der Waals surface area contributed by atoms with Gasteiger partial charge in [-0.25, -0.2) is 4.98 Å². The molecule has 144 valence electrons. The van der Waals surface area contributed by atoms with Crippen molar-refractivity contribution in [1.29, 1.82) is 0 Å². The minimum atomic E-state index is -0.0607. The van der Waals surface area contributed by atoms with Gasteiger partial charge >= 0.3 is 0 Å². The zero-order chi connectivity index (χ0) is 19.1. The first-order chi connectivity index (χ1) is 13.7. The zero-order valence-electron chi connectivity index (χ0n) is 15.9. The maximum Gasteiger partial charge on any atom is 0.262 e. The monoisotopic (exact) mass is 377 g/mol. The number of nitrogens with zero attached hydrogens (tertiary/aromatic N) is 6. The van der Waals surface area contributed by atoms with Crippen LogP contribution in [-0.2, 0) is 19.9 Å². The Kier molecular flexibility index (Phi) is 4.18. The smallest absolute Gasteiger partial charge is 0.262 e. The summed E-state index contributed by atoms with van der Waals surface area (Å²) in [6.45, 7) is 2.63. The number of hydrogen-bond acceptors (Lipinski definition) is 7. The summed E-state index contributed by atoms with van der Waals surface area (Å²) < 4.78 is 1.56. The van der Waals surface area contributed by atoms with E-state index in [2.05, 4.69) is 36.4 Å². The van der Waals surface area contributed by atoms with Crippen LogP contribution in [0.2, 0.25) is 0 Å². The largest absolute Gasteiger partial charge is 0.355 e. The van der Waals surface area contributed by atoms with Gasteiger partial charge in [0, 0.05) is 38.8 Å². The molecular formula is C20H23N7O. The summed E-state index contributed by atoms with van der Waals surface area (Å²) in [6.07, 6.45) is 7.89. The lowest BCUT2D eigenvalue weighted by Crippen LogP contribution is -2.50. The molecule has 0 radical (unpaired) electrons. The van der Waals surface area contributed by atoms with Gasteiger partial charge in [-0.2, -0.15) is 5.10 Å². The third kappa shape index (κ3) is 2.98. The number of anilines is 2. The Balaban J connectivity index is 1.23. The minimum Gasteiger partial charge on any atom is -0.355 e. The van der Waals surface area contributed by atoms with Crippen LogP contribution in [0.1, 0.15) is 24.1 Å². The molecule has 1 fully saturated rings. The molecule has 0 atom stereocenters. The van der Waals surface area contributed by atoms with Crippen LogP contribution in [0.4, 0.5) is 11.8 Å². The molecule has 2 aliphatic rings. The Morgan fingerprint density at radius 3 is 2.96 bits per heavy atom. The van der Waals surface area contributed by atoms with Gasteiger partial charge in [-0.3, -0.25) is 14.3 Å². The van der Waals surface area contributed by atoms with E-state index in [0.717, 1.165) is 38.3 Å². The maximum absolute atomic E-state index is 12.5. The van der Waals surface area contributed by atoms with Gasteiger partial charge in [-0.15, -0.1) is 5.10 Å². The zero-order valence-corrected chi connectivity index (χ0v) is 15.9. The Hall–Kier alpha value is -3.03. The van der Waals surface area contributed by atoms with Crippen molar-refractivity contribution in [1.82, 2.24) is 24.7 Å². The van der Waals surface area contributed by atoms with Gasteiger partial charge in [0.2, 0.25) is 5.95 Å². The summed E-state index contributed by atoms with van der Waals surface area (Å²) in [5, 5.41) is 12.8. The van der Waals surface area contributed by atoms with E-state index in [1.807, 2.05) is 0 Å². The van der Waals surface area contributed by atoms with Gasteiger partial charge in [0.15, 0.2) is 5.82 Å². The highest BCUT2D eigenvalue weighted by atomic mass is 16.1. The van der Waals surface area contributed by atoms with E-state index < -0.39 is 0 Å². The number of aryl methyl sites for hydroxylation is 2. The van der Waals surface area contributed by atoms with Gasteiger partial charge in [0.05, 0.1) is 22.8 Å². The lowest BCUT2D eigenvalue weighted by atomic mass is 9.95. The third-order valence-electron chi connectivity index (χ3n) is 5.77. The first kappa shape index (κ1) is 17.1. The van der Waals surface area contributed by atoms with Gasteiger partial charge in [-0.05, 0) is 43.4 Å². The van der Waals surface area contributed by atoms with E-state index in [9.17, 15) is 4.79 Å². The summed E-state index contributed by atoms with van der Waals surface area (Å²) in [6, 6.07) is 3.92. The fourth-order valence-electron chi connectivity index (χ4n) is 4.04. The number of fused-ring (bicyclic) bond motifs is 2. The van der Waals surface area contributed by atoms with Crippen LogP contribution in [0.5, 0.6) is 0 Å². The maximum atomic E-state index is 12.5. The fourth-order valence-corrected chi connectivity index (χ4v) is 4.04. The highest BCUT2D eigenvalue weighted by Gasteiger charge is 2.29. The Labute approximate surface area is 162 Å². The molecule has 4 heterocycles. The van der Waals surface area contributed by atoms with E-state index in [4.69, 9.17) is 0 Å². The van der Waals surface area contributed by atoms with Gasteiger partial charge in [0.1, 0.15) is 0 Å². The average molecular weight is 377 g/mol. The van der Waals surface area contributed by atoms with Crippen LogP contribution in [0, 0.1) is 5.92 Å². The lowest BCUT2D eigenvalue weighted by molar-refractivity contribution is 0.423. The first-order valence-electron chi connectivity index (χ1n) is 9.84. The van der Waals surface area contributed by atoms with Crippen LogP contribution >= 0.6 is 0 Å². The van der Waals surface area contributed by atoms with Crippen LogP contribution < -0.4 is 15.8 Å². The summed E-state index contributed by atoms with van der Waals surface area (Å²) in [5.41, 5.74) is 3.09. The highest BCUT2D eigenvalue weighted by Crippen LogP contribution is 2.26. The van der Waals surface area contributed by atoms with Crippen LogP contribution in [0.15, 0.2) is 29.3 Å².